The van der Waals surface area contributed by atoms with E-state index >= 15 is 0 Å². The van der Waals surface area contributed by atoms with E-state index < -0.39 is 0 Å². The number of amides is 1. The molecule has 1 aromatic carbocycles. The summed E-state index contributed by atoms with van der Waals surface area (Å²) in [6.07, 6.45) is 10.3. The maximum absolute atomic E-state index is 13.1. The number of aromatic nitrogens is 2. The highest BCUT2D eigenvalue weighted by atomic mass is 32.2. The lowest BCUT2D eigenvalue weighted by molar-refractivity contribution is 0.0591. The van der Waals surface area contributed by atoms with Crippen molar-refractivity contribution in [1.29, 1.82) is 0 Å². The van der Waals surface area contributed by atoms with Gasteiger partial charge in [0.05, 0.1) is 5.56 Å². The number of benzene rings is 1. The van der Waals surface area contributed by atoms with Gasteiger partial charge in [0.2, 0.25) is 0 Å². The van der Waals surface area contributed by atoms with E-state index in [9.17, 15) is 4.79 Å². The number of hydrogen-bond donors (Lipinski definition) is 0. The summed E-state index contributed by atoms with van der Waals surface area (Å²) in [4.78, 5) is 20.6. The number of carbonyl (C=O) groups is 1. The van der Waals surface area contributed by atoms with Gasteiger partial charge in [0.1, 0.15) is 5.82 Å². The molecule has 0 aliphatic carbocycles. The molecule has 2 heterocycles. The largest absolute Gasteiger partial charge is 0.336 e. The van der Waals surface area contributed by atoms with Gasteiger partial charge in [-0.15, -0.1) is 11.8 Å². The predicted molar refractivity (Wildman–Crippen MR) is 98.5 cm³/mol. The van der Waals surface area contributed by atoms with Gasteiger partial charge in [-0.05, 0) is 51.0 Å². The van der Waals surface area contributed by atoms with Crippen molar-refractivity contribution < 1.29 is 4.79 Å². The van der Waals surface area contributed by atoms with E-state index in [4.69, 9.17) is 0 Å². The molecule has 4 nitrogen and oxygen atoms in total. The van der Waals surface area contributed by atoms with E-state index in [1.54, 1.807) is 11.8 Å². The smallest absolute Gasteiger partial charge is 0.255 e. The Balaban J connectivity index is 1.74. The van der Waals surface area contributed by atoms with Crippen LogP contribution in [0, 0.1) is 6.92 Å². The first-order chi connectivity index (χ1) is 11.7. The average molecular weight is 343 g/mol. The fourth-order valence-corrected chi connectivity index (χ4v) is 4.06. The van der Waals surface area contributed by atoms with Crippen LogP contribution < -0.4 is 0 Å². The Labute approximate surface area is 148 Å². The van der Waals surface area contributed by atoms with Gasteiger partial charge in [0.15, 0.2) is 0 Å². The zero-order chi connectivity index (χ0) is 16.9. The minimum Gasteiger partial charge on any atom is -0.336 e. The average Bonchev–Trinajstić information content (AvgIpc) is 3.04. The Kier molecular flexibility index (Phi) is 5.61. The summed E-state index contributed by atoms with van der Waals surface area (Å²) in [6.45, 7) is 3.82. The molecule has 1 aliphatic heterocycles. The molecular weight excluding hydrogens is 318 g/mol. The number of hydrogen-bond acceptors (Lipinski definition) is 3. The van der Waals surface area contributed by atoms with E-state index in [1.807, 2.05) is 49.8 Å². The number of likely N-dealkylation sites (tertiary alicyclic amines) is 1. The minimum atomic E-state index is 0.187. The molecule has 1 aliphatic rings. The molecule has 0 unspecified atom stereocenters. The maximum Gasteiger partial charge on any atom is 0.255 e. The van der Waals surface area contributed by atoms with Crippen molar-refractivity contribution in [2.45, 2.75) is 50.1 Å². The van der Waals surface area contributed by atoms with Crippen molar-refractivity contribution in [2.24, 2.45) is 0 Å². The molecule has 0 spiro atoms. The van der Waals surface area contributed by atoms with Gasteiger partial charge in [-0.2, -0.15) is 0 Å². The zero-order valence-electron chi connectivity index (χ0n) is 14.4. The molecule has 1 fully saturated rings. The molecule has 0 radical (unpaired) electrons. The molecule has 3 rings (SSSR count). The van der Waals surface area contributed by atoms with Gasteiger partial charge in [-0.25, -0.2) is 4.98 Å². The van der Waals surface area contributed by atoms with Gasteiger partial charge in [-0.1, -0.05) is 12.1 Å². The molecule has 0 N–H and O–H groups in total. The van der Waals surface area contributed by atoms with Crippen LogP contribution in [-0.4, -0.2) is 39.2 Å². The lowest BCUT2D eigenvalue weighted by atomic mass is 9.98. The molecule has 5 heteroatoms. The topological polar surface area (TPSA) is 38.1 Å². The zero-order valence-corrected chi connectivity index (χ0v) is 15.3. The minimum absolute atomic E-state index is 0.187. The molecule has 1 amide bonds. The molecule has 24 heavy (non-hydrogen) atoms. The van der Waals surface area contributed by atoms with E-state index in [-0.39, 0.29) is 5.91 Å². The second-order valence-corrected chi connectivity index (χ2v) is 7.15. The fourth-order valence-electron chi connectivity index (χ4n) is 3.47. The molecule has 1 aromatic heterocycles. The second kappa shape index (κ2) is 7.88. The number of aryl methyl sites for hydroxylation is 2. The van der Waals surface area contributed by atoms with Crippen molar-refractivity contribution in [3.8, 4) is 0 Å². The summed E-state index contributed by atoms with van der Waals surface area (Å²) >= 11 is 1.64. The van der Waals surface area contributed by atoms with Gasteiger partial charge in [0.25, 0.3) is 5.91 Å². The van der Waals surface area contributed by atoms with Crippen LogP contribution in [0.3, 0.4) is 0 Å². The number of thioether (sulfide) groups is 1. The fraction of sp³-hybridized carbons (Fsp3) is 0.474. The highest BCUT2D eigenvalue weighted by Crippen LogP contribution is 2.26. The highest BCUT2D eigenvalue weighted by Gasteiger charge is 2.28. The van der Waals surface area contributed by atoms with E-state index in [0.717, 1.165) is 48.6 Å². The van der Waals surface area contributed by atoms with Crippen LogP contribution in [0.25, 0.3) is 0 Å². The van der Waals surface area contributed by atoms with Crippen LogP contribution in [0.5, 0.6) is 0 Å². The molecule has 0 bridgehead atoms. The summed E-state index contributed by atoms with van der Waals surface area (Å²) in [6, 6.07) is 8.27. The predicted octanol–water partition coefficient (Wildman–Crippen LogP) is 4.00. The lowest BCUT2D eigenvalue weighted by Crippen LogP contribution is -2.44. The standard InChI is InChI=1S/C19H25N3OS/c1-15-20-11-14-21(15)13-10-16-7-5-6-12-22(16)19(23)17-8-3-4-9-18(17)24-2/h3-4,8-9,11,14,16H,5-7,10,12-13H2,1-2H3/t16-/m0/s1. The first kappa shape index (κ1) is 17.1. The third kappa shape index (κ3) is 3.66. The van der Waals surface area contributed by atoms with Crippen LogP contribution >= 0.6 is 11.8 Å². The van der Waals surface area contributed by atoms with Crippen LogP contribution in [-0.2, 0) is 6.54 Å². The monoisotopic (exact) mass is 343 g/mol. The van der Waals surface area contributed by atoms with Crippen molar-refractivity contribution in [2.75, 3.05) is 12.8 Å². The Bertz CT molecular complexity index is 697. The Morgan fingerprint density at radius 1 is 1.33 bits per heavy atom. The van der Waals surface area contributed by atoms with Gasteiger partial charge in [0, 0.05) is 36.4 Å². The van der Waals surface area contributed by atoms with Crippen LogP contribution in [0.2, 0.25) is 0 Å². The van der Waals surface area contributed by atoms with Crippen molar-refractivity contribution in [3.05, 3.63) is 48.0 Å². The second-order valence-electron chi connectivity index (χ2n) is 6.30. The molecule has 1 saturated heterocycles. The van der Waals surface area contributed by atoms with Gasteiger partial charge in [-0.3, -0.25) is 4.79 Å². The third-order valence-electron chi connectivity index (χ3n) is 4.85. The Morgan fingerprint density at radius 3 is 2.92 bits per heavy atom. The number of rotatable bonds is 5. The lowest BCUT2D eigenvalue weighted by Gasteiger charge is -2.36. The number of nitrogens with zero attached hydrogens (tertiary/aromatic N) is 3. The third-order valence-corrected chi connectivity index (χ3v) is 5.65. The first-order valence-electron chi connectivity index (χ1n) is 8.62. The van der Waals surface area contributed by atoms with Crippen molar-refractivity contribution in [1.82, 2.24) is 14.5 Å². The molecular formula is C19H25N3OS. The molecule has 1 atom stereocenters. The maximum atomic E-state index is 13.1. The number of imidazole rings is 1. The highest BCUT2D eigenvalue weighted by molar-refractivity contribution is 7.98. The quantitative estimate of drug-likeness (QED) is 0.770. The summed E-state index contributed by atoms with van der Waals surface area (Å²) in [7, 11) is 0. The summed E-state index contributed by atoms with van der Waals surface area (Å²) in [5.41, 5.74) is 0.843. The van der Waals surface area contributed by atoms with E-state index in [1.165, 1.54) is 6.42 Å². The summed E-state index contributed by atoms with van der Waals surface area (Å²) < 4.78 is 2.17. The normalized spacial score (nSPS) is 17.9. The van der Waals surface area contributed by atoms with Crippen LogP contribution in [0.1, 0.15) is 41.9 Å². The van der Waals surface area contributed by atoms with Crippen LogP contribution in [0.15, 0.2) is 41.6 Å². The number of carbonyl (C=O) groups excluding carboxylic acids is 1. The first-order valence-corrected chi connectivity index (χ1v) is 9.85. The van der Waals surface area contributed by atoms with Gasteiger partial charge < -0.3 is 9.47 Å². The van der Waals surface area contributed by atoms with E-state index in [2.05, 4.69) is 14.5 Å². The molecule has 2 aromatic rings. The SMILES string of the molecule is CSc1ccccc1C(=O)N1CCCC[C@H]1CCn1ccnc1C. The summed E-state index contributed by atoms with van der Waals surface area (Å²) in [5.74, 6) is 1.23. The molecule has 0 saturated carbocycles. The van der Waals surface area contributed by atoms with E-state index in [0.29, 0.717) is 6.04 Å². The summed E-state index contributed by atoms with van der Waals surface area (Å²) in [5, 5.41) is 0. The van der Waals surface area contributed by atoms with Gasteiger partial charge >= 0.3 is 0 Å². The van der Waals surface area contributed by atoms with Crippen molar-refractivity contribution in [3.63, 3.8) is 0 Å². The Morgan fingerprint density at radius 2 is 2.17 bits per heavy atom. The molecule has 128 valence electrons. The van der Waals surface area contributed by atoms with Crippen LogP contribution in [0.4, 0.5) is 0 Å². The number of piperidine rings is 1. The Hall–Kier alpha value is -1.75. The van der Waals surface area contributed by atoms with Crippen molar-refractivity contribution >= 4 is 17.7 Å².